The molecule has 0 spiro atoms. The van der Waals surface area contributed by atoms with E-state index in [4.69, 9.17) is 9.94 Å². The number of fused-ring (bicyclic) bond motifs is 1. The lowest BCUT2D eigenvalue weighted by molar-refractivity contribution is -0.120. The highest BCUT2D eigenvalue weighted by molar-refractivity contribution is 5.93. The average molecular weight is 686 g/mol. The smallest absolute Gasteiger partial charge is 0.274 e. The SMILES string of the molecule is Cc1[nH]c2ccccc2c1CCN(CCOc1ccc(-c2ccc(CC(=O)NCc3ccccc3)nc2)cc1)Cc1ccc(C(=O)NO)cc1F. The van der Waals surface area contributed by atoms with Gasteiger partial charge in [-0.15, -0.1) is 0 Å². The molecule has 0 aliphatic heterocycles. The third-order valence-corrected chi connectivity index (χ3v) is 8.88. The number of aromatic nitrogens is 2. The van der Waals surface area contributed by atoms with E-state index in [9.17, 15) is 9.59 Å². The summed E-state index contributed by atoms with van der Waals surface area (Å²) in [7, 11) is 0. The minimum absolute atomic E-state index is 0.0418. The van der Waals surface area contributed by atoms with Gasteiger partial charge in [-0.2, -0.15) is 0 Å². The molecule has 0 saturated carbocycles. The van der Waals surface area contributed by atoms with Gasteiger partial charge in [0.1, 0.15) is 18.2 Å². The van der Waals surface area contributed by atoms with Gasteiger partial charge in [-0.3, -0.25) is 24.7 Å². The summed E-state index contributed by atoms with van der Waals surface area (Å²) < 4.78 is 21.2. The number of aromatic amines is 1. The Balaban J connectivity index is 1.05. The maximum absolute atomic E-state index is 15.1. The molecule has 6 aromatic rings. The van der Waals surface area contributed by atoms with Crippen LogP contribution in [0.15, 0.2) is 115 Å². The topological polar surface area (TPSA) is 120 Å². The molecule has 4 aromatic carbocycles. The summed E-state index contributed by atoms with van der Waals surface area (Å²) in [5, 5.41) is 13.0. The predicted molar refractivity (Wildman–Crippen MR) is 195 cm³/mol. The highest BCUT2D eigenvalue weighted by Gasteiger charge is 2.16. The lowest BCUT2D eigenvalue weighted by Crippen LogP contribution is -2.30. The Hall–Kier alpha value is -5.84. The number of carbonyl (C=O) groups is 2. The van der Waals surface area contributed by atoms with E-state index < -0.39 is 11.7 Å². The fraction of sp³-hybridized carbons (Fsp3) is 0.195. The molecule has 0 fully saturated rings. The summed E-state index contributed by atoms with van der Waals surface area (Å²) in [5.41, 5.74) is 9.08. The van der Waals surface area contributed by atoms with Gasteiger partial charge in [-0.1, -0.05) is 72.8 Å². The number of nitrogens with zero attached hydrogens (tertiary/aromatic N) is 2. The second-order valence-corrected chi connectivity index (χ2v) is 12.4. The van der Waals surface area contributed by atoms with Gasteiger partial charge in [-0.25, -0.2) is 9.87 Å². The van der Waals surface area contributed by atoms with Crippen molar-refractivity contribution in [2.75, 3.05) is 19.7 Å². The van der Waals surface area contributed by atoms with Gasteiger partial charge in [0.2, 0.25) is 5.91 Å². The first-order chi connectivity index (χ1) is 24.9. The van der Waals surface area contributed by atoms with Crippen molar-refractivity contribution in [1.29, 1.82) is 0 Å². The summed E-state index contributed by atoms with van der Waals surface area (Å²) >= 11 is 0. The van der Waals surface area contributed by atoms with Crippen LogP contribution in [0.4, 0.5) is 4.39 Å². The van der Waals surface area contributed by atoms with Crippen molar-refractivity contribution in [3.05, 3.63) is 155 Å². The molecule has 10 heteroatoms. The molecule has 0 atom stereocenters. The number of nitrogens with one attached hydrogen (secondary N) is 3. The van der Waals surface area contributed by atoms with Crippen LogP contribution in [-0.2, 0) is 30.7 Å². The molecule has 0 aliphatic carbocycles. The molecule has 0 saturated heterocycles. The van der Waals surface area contributed by atoms with Crippen LogP contribution in [0.5, 0.6) is 5.75 Å². The monoisotopic (exact) mass is 685 g/mol. The Labute approximate surface area is 296 Å². The van der Waals surface area contributed by atoms with E-state index in [-0.39, 0.29) is 17.9 Å². The number of halogens is 1. The van der Waals surface area contributed by atoms with Crippen molar-refractivity contribution in [3.63, 3.8) is 0 Å². The Morgan fingerprint density at radius 3 is 2.41 bits per heavy atom. The second kappa shape index (κ2) is 16.7. The van der Waals surface area contributed by atoms with E-state index in [1.807, 2.05) is 78.9 Å². The Kier molecular flexibility index (Phi) is 11.5. The van der Waals surface area contributed by atoms with Crippen molar-refractivity contribution in [3.8, 4) is 16.9 Å². The van der Waals surface area contributed by atoms with Crippen molar-refractivity contribution in [1.82, 2.24) is 25.7 Å². The van der Waals surface area contributed by atoms with Crippen LogP contribution in [0.1, 0.15) is 38.4 Å². The molecule has 2 aromatic heterocycles. The first-order valence-electron chi connectivity index (χ1n) is 16.9. The summed E-state index contributed by atoms with van der Waals surface area (Å²) in [5.74, 6) is -0.660. The number of para-hydroxylation sites is 1. The molecule has 9 nitrogen and oxygen atoms in total. The van der Waals surface area contributed by atoms with Crippen LogP contribution in [0, 0.1) is 12.7 Å². The van der Waals surface area contributed by atoms with Crippen molar-refractivity contribution in [2.45, 2.75) is 32.9 Å². The molecule has 51 heavy (non-hydrogen) atoms. The second-order valence-electron chi connectivity index (χ2n) is 12.4. The highest BCUT2D eigenvalue weighted by atomic mass is 19.1. The Morgan fingerprint density at radius 1 is 0.902 bits per heavy atom. The van der Waals surface area contributed by atoms with Crippen LogP contribution in [0.25, 0.3) is 22.0 Å². The molecular weight excluding hydrogens is 645 g/mol. The van der Waals surface area contributed by atoms with Gasteiger partial charge in [0.05, 0.1) is 6.42 Å². The van der Waals surface area contributed by atoms with Gasteiger partial charge in [-0.05, 0) is 66.4 Å². The summed E-state index contributed by atoms with van der Waals surface area (Å²) in [6.45, 7) is 4.42. The van der Waals surface area contributed by atoms with E-state index in [0.717, 1.165) is 40.4 Å². The molecule has 0 aliphatic rings. The third-order valence-electron chi connectivity index (χ3n) is 8.88. The minimum atomic E-state index is -0.765. The van der Waals surface area contributed by atoms with Gasteiger partial charge in [0.15, 0.2) is 0 Å². The molecule has 2 amide bonds. The van der Waals surface area contributed by atoms with Crippen LogP contribution < -0.4 is 15.5 Å². The normalized spacial score (nSPS) is 11.1. The third kappa shape index (κ3) is 9.24. The number of rotatable bonds is 15. The number of hydrogen-bond acceptors (Lipinski definition) is 6. The number of pyridine rings is 1. The molecule has 0 bridgehead atoms. The lowest BCUT2D eigenvalue weighted by Gasteiger charge is -2.23. The number of hydrogen-bond donors (Lipinski definition) is 4. The number of amides is 2. The Morgan fingerprint density at radius 2 is 1.67 bits per heavy atom. The van der Waals surface area contributed by atoms with Crippen LogP contribution >= 0.6 is 0 Å². The van der Waals surface area contributed by atoms with Crippen LogP contribution in [-0.4, -0.2) is 51.6 Å². The number of ether oxygens (including phenoxy) is 1. The quantitative estimate of drug-likeness (QED) is 0.0699. The molecule has 0 unspecified atom stereocenters. The van der Waals surface area contributed by atoms with Crippen molar-refractivity contribution >= 4 is 22.7 Å². The number of carbonyl (C=O) groups excluding carboxylic acids is 2. The van der Waals surface area contributed by atoms with E-state index in [2.05, 4.69) is 39.2 Å². The highest BCUT2D eigenvalue weighted by Crippen LogP contribution is 2.24. The zero-order valence-corrected chi connectivity index (χ0v) is 28.4. The van der Waals surface area contributed by atoms with E-state index in [0.29, 0.717) is 49.8 Å². The van der Waals surface area contributed by atoms with E-state index in [1.54, 1.807) is 17.7 Å². The Bertz CT molecular complexity index is 2080. The number of aryl methyl sites for hydroxylation is 1. The number of benzene rings is 4. The summed E-state index contributed by atoms with van der Waals surface area (Å²) in [6, 6.07) is 33.8. The summed E-state index contributed by atoms with van der Waals surface area (Å²) in [6.07, 6.45) is 2.73. The fourth-order valence-electron chi connectivity index (χ4n) is 6.08. The van der Waals surface area contributed by atoms with Gasteiger partial charge >= 0.3 is 0 Å². The maximum Gasteiger partial charge on any atom is 0.274 e. The summed E-state index contributed by atoms with van der Waals surface area (Å²) in [4.78, 5) is 34.3. The first kappa shape index (κ1) is 35.0. The zero-order valence-electron chi connectivity index (χ0n) is 28.4. The van der Waals surface area contributed by atoms with Gasteiger partial charge < -0.3 is 15.0 Å². The maximum atomic E-state index is 15.1. The molecule has 0 radical (unpaired) electrons. The molecule has 2 heterocycles. The number of hydroxylamine groups is 1. The van der Waals surface area contributed by atoms with Gasteiger partial charge in [0.25, 0.3) is 5.91 Å². The largest absolute Gasteiger partial charge is 0.492 e. The first-order valence-corrected chi connectivity index (χ1v) is 16.9. The van der Waals surface area contributed by atoms with Gasteiger partial charge in [0, 0.05) is 71.4 Å². The fourth-order valence-corrected chi connectivity index (χ4v) is 6.08. The van der Waals surface area contributed by atoms with E-state index in [1.165, 1.54) is 17.0 Å². The zero-order chi connectivity index (χ0) is 35.6. The molecule has 6 rings (SSSR count). The molecular formula is C41H40FN5O4. The average Bonchev–Trinajstić information content (AvgIpc) is 3.48. The minimum Gasteiger partial charge on any atom is -0.492 e. The van der Waals surface area contributed by atoms with Crippen molar-refractivity contribution in [2.24, 2.45) is 0 Å². The predicted octanol–water partition coefficient (Wildman–Crippen LogP) is 6.78. The van der Waals surface area contributed by atoms with Crippen LogP contribution in [0.2, 0.25) is 0 Å². The molecule has 4 N–H and O–H groups in total. The molecule has 260 valence electrons. The standard InChI is InChI=1S/C41H40FN5O4/c1-28-36(37-9-5-6-10-39(37)45-28)19-20-47(27-33-12-11-31(23-38(33)42)41(49)46-50)21-22-51-35-17-14-30(15-18-35)32-13-16-34(43-26-32)24-40(48)44-25-29-7-3-2-4-8-29/h2-18,23,26,45,50H,19-22,24-25,27H2,1H3,(H,44,48)(H,46,49). The lowest BCUT2D eigenvalue weighted by atomic mass is 10.1. The van der Waals surface area contributed by atoms with E-state index >= 15 is 4.39 Å². The van der Waals surface area contributed by atoms with Crippen molar-refractivity contribution < 1.29 is 23.9 Å². The number of H-pyrrole nitrogens is 1. The van der Waals surface area contributed by atoms with Crippen LogP contribution in [0.3, 0.4) is 0 Å².